The van der Waals surface area contributed by atoms with Gasteiger partial charge < -0.3 is 4.90 Å². The Bertz CT molecular complexity index is 107. The maximum absolute atomic E-state index is 3.96. The first-order valence-electron chi connectivity index (χ1n) is 2.72. The van der Waals surface area contributed by atoms with Crippen LogP contribution in [0, 0.1) is 0 Å². The maximum Gasteiger partial charge on any atom is 0.111 e. The van der Waals surface area contributed by atoms with Gasteiger partial charge in [-0.25, -0.2) is 0 Å². The van der Waals surface area contributed by atoms with Crippen LogP contribution in [-0.2, 0) is 0 Å². The fraction of sp³-hybridized carbons (Fsp3) is 0.500. The lowest BCUT2D eigenvalue weighted by Crippen LogP contribution is -2.11. The fourth-order valence-corrected chi connectivity index (χ4v) is 0.232. The van der Waals surface area contributed by atoms with Crippen molar-refractivity contribution >= 4 is 6.34 Å². The number of hydrazone groups is 1. The Morgan fingerprint density at radius 3 is 2.22 bits per heavy atom. The maximum atomic E-state index is 3.96. The molecule has 0 rings (SSSR count). The molecule has 0 bridgehead atoms. The van der Waals surface area contributed by atoms with Crippen LogP contribution in [-0.4, -0.2) is 37.4 Å². The topological polar surface area (TPSA) is 18.8 Å². The lowest BCUT2D eigenvalue weighted by molar-refractivity contribution is 0.479. The molecule has 0 saturated heterocycles. The highest BCUT2D eigenvalue weighted by atomic mass is 15.4. The van der Waals surface area contributed by atoms with Gasteiger partial charge in [-0.15, -0.1) is 0 Å². The normalized spacial score (nSPS) is 9.67. The van der Waals surface area contributed by atoms with E-state index in [1.54, 1.807) is 17.5 Å². The monoisotopic (exact) mass is 127 g/mol. The SMILES string of the molecule is C=CN(C)/N=C\N(C)C. The minimum Gasteiger partial charge on any atom is -0.367 e. The Balaban J connectivity index is 3.56. The Morgan fingerprint density at radius 2 is 1.89 bits per heavy atom. The summed E-state index contributed by atoms with van der Waals surface area (Å²) in [5.41, 5.74) is 0. The van der Waals surface area contributed by atoms with Crippen LogP contribution in [0.4, 0.5) is 0 Å². The van der Waals surface area contributed by atoms with Gasteiger partial charge in [-0.1, -0.05) is 6.58 Å². The molecule has 0 aromatic heterocycles. The van der Waals surface area contributed by atoms with E-state index in [1.165, 1.54) is 0 Å². The zero-order valence-corrected chi connectivity index (χ0v) is 6.20. The molecule has 0 unspecified atom stereocenters. The molecular formula is C6H13N3. The van der Waals surface area contributed by atoms with E-state index < -0.39 is 0 Å². The number of rotatable bonds is 3. The number of nitrogens with zero attached hydrogens (tertiary/aromatic N) is 3. The van der Waals surface area contributed by atoms with Gasteiger partial charge in [-0.05, 0) is 0 Å². The zero-order chi connectivity index (χ0) is 7.28. The molecule has 52 valence electrons. The second kappa shape index (κ2) is 3.95. The van der Waals surface area contributed by atoms with E-state index in [9.17, 15) is 0 Å². The summed E-state index contributed by atoms with van der Waals surface area (Å²) in [6, 6.07) is 0. The average molecular weight is 127 g/mol. The molecule has 0 aromatic rings. The van der Waals surface area contributed by atoms with E-state index in [4.69, 9.17) is 0 Å². The molecule has 0 saturated carbocycles. The molecule has 0 amide bonds. The predicted octanol–water partition coefficient (Wildman–Crippen LogP) is 0.567. The Morgan fingerprint density at radius 1 is 1.33 bits per heavy atom. The second-order valence-corrected chi connectivity index (χ2v) is 1.95. The lowest BCUT2D eigenvalue weighted by Gasteiger charge is -2.07. The van der Waals surface area contributed by atoms with E-state index in [2.05, 4.69) is 11.7 Å². The van der Waals surface area contributed by atoms with Gasteiger partial charge in [0.1, 0.15) is 6.34 Å². The molecule has 0 fully saturated rings. The van der Waals surface area contributed by atoms with Gasteiger partial charge in [0.15, 0.2) is 0 Å². The van der Waals surface area contributed by atoms with Crippen LogP contribution in [0.15, 0.2) is 17.9 Å². The van der Waals surface area contributed by atoms with Gasteiger partial charge in [-0.3, -0.25) is 5.01 Å². The van der Waals surface area contributed by atoms with Gasteiger partial charge in [-0.2, -0.15) is 5.10 Å². The lowest BCUT2D eigenvalue weighted by atomic mass is 10.9. The minimum atomic E-state index is 1.64. The molecule has 3 heteroatoms. The molecule has 9 heavy (non-hydrogen) atoms. The molecule has 0 spiro atoms. The summed E-state index contributed by atoms with van der Waals surface area (Å²) < 4.78 is 0. The third-order valence-corrected chi connectivity index (χ3v) is 0.729. The van der Waals surface area contributed by atoms with Gasteiger partial charge in [0.25, 0.3) is 0 Å². The van der Waals surface area contributed by atoms with Crippen molar-refractivity contribution in [1.29, 1.82) is 0 Å². The van der Waals surface area contributed by atoms with Crippen LogP contribution in [0.5, 0.6) is 0 Å². The van der Waals surface area contributed by atoms with Crippen molar-refractivity contribution in [1.82, 2.24) is 9.91 Å². The van der Waals surface area contributed by atoms with Crippen LogP contribution >= 0.6 is 0 Å². The van der Waals surface area contributed by atoms with E-state index >= 15 is 0 Å². The molecule has 0 aliphatic rings. The van der Waals surface area contributed by atoms with Crippen molar-refractivity contribution in [3.05, 3.63) is 12.8 Å². The van der Waals surface area contributed by atoms with Crippen LogP contribution in [0.25, 0.3) is 0 Å². The first kappa shape index (κ1) is 8.01. The average Bonchev–Trinajstić information content (AvgIpc) is 1.83. The van der Waals surface area contributed by atoms with Gasteiger partial charge in [0.05, 0.1) is 0 Å². The van der Waals surface area contributed by atoms with E-state index in [0.29, 0.717) is 0 Å². The third kappa shape index (κ3) is 4.87. The highest BCUT2D eigenvalue weighted by Gasteiger charge is 1.79. The molecule has 3 nitrogen and oxygen atoms in total. The van der Waals surface area contributed by atoms with Crippen molar-refractivity contribution in [2.75, 3.05) is 21.1 Å². The van der Waals surface area contributed by atoms with Crippen LogP contribution in [0.3, 0.4) is 0 Å². The van der Waals surface area contributed by atoms with E-state index in [0.717, 1.165) is 0 Å². The fourth-order valence-electron chi connectivity index (χ4n) is 0.232. The summed E-state index contributed by atoms with van der Waals surface area (Å²) in [6.07, 6.45) is 3.35. The Labute approximate surface area is 56.3 Å². The second-order valence-electron chi connectivity index (χ2n) is 1.95. The first-order valence-corrected chi connectivity index (χ1v) is 2.72. The van der Waals surface area contributed by atoms with Gasteiger partial charge in [0, 0.05) is 27.3 Å². The molecular weight excluding hydrogens is 114 g/mol. The van der Waals surface area contributed by atoms with Crippen molar-refractivity contribution in [3.8, 4) is 0 Å². The minimum absolute atomic E-state index is 1.64. The molecule has 0 aromatic carbocycles. The Kier molecular flexibility index (Phi) is 3.51. The van der Waals surface area contributed by atoms with Gasteiger partial charge >= 0.3 is 0 Å². The third-order valence-electron chi connectivity index (χ3n) is 0.729. The largest absolute Gasteiger partial charge is 0.367 e. The summed E-state index contributed by atoms with van der Waals surface area (Å²) in [5, 5.41) is 5.60. The van der Waals surface area contributed by atoms with E-state index in [-0.39, 0.29) is 0 Å². The summed E-state index contributed by atoms with van der Waals surface area (Å²) in [5.74, 6) is 0. The number of hydrogen-bond donors (Lipinski definition) is 0. The first-order chi connectivity index (χ1) is 4.16. The van der Waals surface area contributed by atoms with E-state index in [1.807, 2.05) is 26.0 Å². The van der Waals surface area contributed by atoms with Crippen molar-refractivity contribution in [2.45, 2.75) is 0 Å². The predicted molar refractivity (Wildman–Crippen MR) is 40.1 cm³/mol. The smallest absolute Gasteiger partial charge is 0.111 e. The highest BCUT2D eigenvalue weighted by molar-refractivity contribution is 5.53. The molecule has 0 radical (unpaired) electrons. The van der Waals surface area contributed by atoms with Crippen molar-refractivity contribution in [2.24, 2.45) is 5.10 Å². The van der Waals surface area contributed by atoms with Crippen molar-refractivity contribution in [3.63, 3.8) is 0 Å². The highest BCUT2D eigenvalue weighted by Crippen LogP contribution is 1.79. The summed E-state index contributed by atoms with van der Waals surface area (Å²) >= 11 is 0. The number of hydrogen-bond acceptors (Lipinski definition) is 2. The van der Waals surface area contributed by atoms with Crippen LogP contribution < -0.4 is 0 Å². The molecule has 0 aliphatic heterocycles. The quantitative estimate of drug-likeness (QED) is 0.313. The molecule has 0 heterocycles. The summed E-state index contributed by atoms with van der Waals surface area (Å²) in [7, 11) is 5.66. The summed E-state index contributed by atoms with van der Waals surface area (Å²) in [4.78, 5) is 1.86. The molecule has 0 N–H and O–H groups in total. The van der Waals surface area contributed by atoms with Crippen LogP contribution in [0.1, 0.15) is 0 Å². The standard InChI is InChI=1S/C6H13N3/c1-5-9(4)7-6-8(2)3/h5-6H,1H2,2-4H3/b7-6-. The molecule has 0 atom stereocenters. The van der Waals surface area contributed by atoms with Crippen molar-refractivity contribution < 1.29 is 0 Å². The Hall–Kier alpha value is -0.990. The summed E-state index contributed by atoms with van der Waals surface area (Å²) in [6.45, 7) is 3.53. The zero-order valence-electron chi connectivity index (χ0n) is 6.20. The molecule has 0 aliphatic carbocycles. The van der Waals surface area contributed by atoms with Gasteiger partial charge in [0.2, 0.25) is 0 Å². The van der Waals surface area contributed by atoms with Crippen LogP contribution in [0.2, 0.25) is 0 Å².